The van der Waals surface area contributed by atoms with Gasteiger partial charge in [-0.05, 0) is 19.8 Å². The Kier molecular flexibility index (Phi) is 4.51. The maximum absolute atomic E-state index is 12.3. The van der Waals surface area contributed by atoms with Crippen LogP contribution in [0, 0.1) is 12.3 Å². The normalized spacial score (nSPS) is 21.7. The molecule has 21 heavy (non-hydrogen) atoms. The molecule has 1 N–H and O–H groups in total. The van der Waals surface area contributed by atoms with Gasteiger partial charge in [0.1, 0.15) is 6.54 Å². The number of hydrogen-bond donors (Lipinski definition) is 1. The summed E-state index contributed by atoms with van der Waals surface area (Å²) in [4.78, 5) is 36.9. The number of carboxylic acids is 1. The number of rotatable bonds is 5. The van der Waals surface area contributed by atoms with Crippen molar-refractivity contribution in [3.05, 3.63) is 20.7 Å². The van der Waals surface area contributed by atoms with Crippen molar-refractivity contribution in [3.8, 4) is 0 Å². The van der Waals surface area contributed by atoms with Crippen molar-refractivity contribution in [2.75, 3.05) is 13.1 Å². The van der Waals surface area contributed by atoms with E-state index in [0.717, 1.165) is 23.5 Å². The highest BCUT2D eigenvalue weighted by molar-refractivity contribution is 7.07. The van der Waals surface area contributed by atoms with E-state index < -0.39 is 11.4 Å². The van der Waals surface area contributed by atoms with Crippen LogP contribution in [0.2, 0.25) is 0 Å². The fourth-order valence-corrected chi connectivity index (χ4v) is 3.62. The predicted octanol–water partition coefficient (Wildman–Crippen LogP) is 1.32. The summed E-state index contributed by atoms with van der Waals surface area (Å²) >= 11 is 1.07. The lowest BCUT2D eigenvalue weighted by Crippen LogP contribution is -2.39. The molecule has 0 bridgehead atoms. The van der Waals surface area contributed by atoms with Crippen LogP contribution in [-0.2, 0) is 16.1 Å². The second kappa shape index (κ2) is 6.01. The van der Waals surface area contributed by atoms with Crippen LogP contribution in [0.5, 0.6) is 0 Å². The van der Waals surface area contributed by atoms with Gasteiger partial charge in [0.05, 0.1) is 5.41 Å². The minimum absolute atomic E-state index is 0.00398. The number of carbonyl (C=O) groups excluding carboxylic acids is 1. The van der Waals surface area contributed by atoms with Crippen LogP contribution < -0.4 is 4.87 Å². The van der Waals surface area contributed by atoms with Gasteiger partial charge in [0, 0.05) is 24.2 Å². The minimum atomic E-state index is -0.830. The summed E-state index contributed by atoms with van der Waals surface area (Å²) in [5, 5.41) is 11.2. The van der Waals surface area contributed by atoms with Gasteiger partial charge in [-0.15, -0.1) is 0 Å². The minimum Gasteiger partial charge on any atom is -0.481 e. The molecule has 1 saturated heterocycles. The second-order valence-electron chi connectivity index (χ2n) is 5.63. The zero-order chi connectivity index (χ0) is 15.6. The van der Waals surface area contributed by atoms with E-state index in [4.69, 9.17) is 0 Å². The number of thiazole rings is 1. The molecule has 7 heteroatoms. The van der Waals surface area contributed by atoms with Gasteiger partial charge in [0.2, 0.25) is 5.91 Å². The summed E-state index contributed by atoms with van der Waals surface area (Å²) in [6.07, 6.45) is 1.83. The molecule has 1 fully saturated rings. The Balaban J connectivity index is 2.09. The molecule has 0 aromatic carbocycles. The molecule has 1 aromatic heterocycles. The van der Waals surface area contributed by atoms with Gasteiger partial charge in [-0.3, -0.25) is 19.0 Å². The van der Waals surface area contributed by atoms with Gasteiger partial charge in [-0.1, -0.05) is 24.7 Å². The average Bonchev–Trinajstić information content (AvgIpc) is 2.99. The van der Waals surface area contributed by atoms with Crippen LogP contribution in [0.3, 0.4) is 0 Å². The molecule has 1 amide bonds. The number of nitrogens with zero attached hydrogens (tertiary/aromatic N) is 2. The number of carboxylic acid groups (broad SMARTS) is 1. The van der Waals surface area contributed by atoms with Gasteiger partial charge in [0.15, 0.2) is 0 Å². The van der Waals surface area contributed by atoms with Crippen LogP contribution in [-0.4, -0.2) is 39.5 Å². The molecular formula is C14H20N2O4S. The van der Waals surface area contributed by atoms with Gasteiger partial charge in [0.25, 0.3) is 0 Å². The Bertz CT molecular complexity index is 606. The van der Waals surface area contributed by atoms with E-state index >= 15 is 0 Å². The highest BCUT2D eigenvalue weighted by Gasteiger charge is 2.45. The third-order valence-corrected chi connectivity index (χ3v) is 5.04. The van der Waals surface area contributed by atoms with E-state index in [9.17, 15) is 19.5 Å². The second-order valence-corrected chi connectivity index (χ2v) is 6.45. The molecule has 1 aliphatic rings. The molecule has 0 saturated carbocycles. The van der Waals surface area contributed by atoms with Crippen molar-refractivity contribution in [2.45, 2.75) is 39.7 Å². The van der Waals surface area contributed by atoms with Gasteiger partial charge in [-0.25, -0.2) is 0 Å². The van der Waals surface area contributed by atoms with Crippen LogP contribution in [0.15, 0.2) is 10.2 Å². The molecule has 0 radical (unpaired) electrons. The van der Waals surface area contributed by atoms with Gasteiger partial charge >= 0.3 is 10.8 Å². The fraction of sp³-hybridized carbons (Fsp3) is 0.643. The van der Waals surface area contributed by atoms with Crippen LogP contribution in [0.25, 0.3) is 0 Å². The molecule has 1 atom stereocenters. The summed E-state index contributed by atoms with van der Waals surface area (Å²) < 4.78 is 1.44. The van der Waals surface area contributed by atoms with Crippen molar-refractivity contribution in [1.82, 2.24) is 9.47 Å². The SMILES string of the molecule is CCCC1(C(=O)O)CCN(C(=O)Cn2c(C)csc2=O)C1. The standard InChI is InChI=1S/C14H20N2O4S/c1-3-4-14(12(18)19)5-6-15(9-14)11(17)7-16-10(2)8-21-13(16)20/h8H,3-7,9H2,1-2H3,(H,18,19). The van der Waals surface area contributed by atoms with E-state index in [1.165, 1.54) is 4.57 Å². The Hall–Kier alpha value is -1.63. The maximum Gasteiger partial charge on any atom is 0.311 e. The maximum atomic E-state index is 12.3. The largest absolute Gasteiger partial charge is 0.481 e. The lowest BCUT2D eigenvalue weighted by Gasteiger charge is -2.24. The first kappa shape index (κ1) is 15.8. The zero-order valence-corrected chi connectivity index (χ0v) is 13.1. The van der Waals surface area contributed by atoms with Crippen molar-refractivity contribution in [3.63, 3.8) is 0 Å². The van der Waals surface area contributed by atoms with Crippen LogP contribution >= 0.6 is 11.3 Å². The van der Waals surface area contributed by atoms with E-state index in [0.29, 0.717) is 19.4 Å². The lowest BCUT2D eigenvalue weighted by atomic mass is 9.83. The third-order valence-electron chi connectivity index (χ3n) is 4.16. The highest BCUT2D eigenvalue weighted by atomic mass is 32.1. The van der Waals surface area contributed by atoms with Crippen molar-refractivity contribution >= 4 is 23.2 Å². The Morgan fingerprint density at radius 2 is 2.19 bits per heavy atom. The molecule has 116 valence electrons. The monoisotopic (exact) mass is 312 g/mol. The number of hydrogen-bond acceptors (Lipinski definition) is 4. The van der Waals surface area contributed by atoms with Crippen molar-refractivity contribution in [1.29, 1.82) is 0 Å². The summed E-state index contributed by atoms with van der Waals surface area (Å²) in [5.41, 5.74) is -0.0606. The quantitative estimate of drug-likeness (QED) is 0.889. The highest BCUT2D eigenvalue weighted by Crippen LogP contribution is 2.35. The molecule has 1 aromatic rings. The molecule has 0 aliphatic carbocycles. The first-order valence-electron chi connectivity index (χ1n) is 7.06. The molecule has 1 unspecified atom stereocenters. The lowest BCUT2D eigenvalue weighted by molar-refractivity contribution is -0.149. The number of aryl methyl sites for hydroxylation is 1. The van der Waals surface area contributed by atoms with Crippen LogP contribution in [0.4, 0.5) is 0 Å². The average molecular weight is 312 g/mol. The van der Waals surface area contributed by atoms with E-state index in [2.05, 4.69) is 0 Å². The molecule has 6 nitrogen and oxygen atoms in total. The van der Waals surface area contributed by atoms with E-state index in [1.54, 1.807) is 17.2 Å². The Labute approximate surface area is 127 Å². The van der Waals surface area contributed by atoms with Crippen LogP contribution in [0.1, 0.15) is 31.9 Å². The van der Waals surface area contributed by atoms with Crippen molar-refractivity contribution < 1.29 is 14.7 Å². The number of aromatic nitrogens is 1. The Morgan fingerprint density at radius 1 is 1.48 bits per heavy atom. The zero-order valence-electron chi connectivity index (χ0n) is 12.3. The van der Waals surface area contributed by atoms with Gasteiger partial charge in [-0.2, -0.15) is 0 Å². The molecule has 1 aliphatic heterocycles. The fourth-order valence-electron chi connectivity index (χ4n) is 2.88. The number of carbonyl (C=O) groups is 2. The van der Waals surface area contributed by atoms with E-state index in [1.807, 2.05) is 6.92 Å². The van der Waals surface area contributed by atoms with Gasteiger partial charge < -0.3 is 10.0 Å². The van der Waals surface area contributed by atoms with E-state index in [-0.39, 0.29) is 23.9 Å². The Morgan fingerprint density at radius 3 is 2.71 bits per heavy atom. The molecule has 2 heterocycles. The summed E-state index contributed by atoms with van der Waals surface area (Å²) in [7, 11) is 0. The number of aliphatic carboxylic acids is 1. The smallest absolute Gasteiger partial charge is 0.311 e. The summed E-state index contributed by atoms with van der Waals surface area (Å²) in [6.45, 7) is 4.42. The molecule has 0 spiro atoms. The number of likely N-dealkylation sites (tertiary alicyclic amines) is 1. The predicted molar refractivity (Wildman–Crippen MR) is 79.5 cm³/mol. The molecule has 2 rings (SSSR count). The summed E-state index contributed by atoms with van der Waals surface area (Å²) in [5.74, 6) is -1.01. The first-order valence-corrected chi connectivity index (χ1v) is 7.93. The summed E-state index contributed by atoms with van der Waals surface area (Å²) in [6, 6.07) is 0. The topological polar surface area (TPSA) is 79.6 Å². The number of amides is 1. The van der Waals surface area contributed by atoms with Crippen molar-refractivity contribution in [2.24, 2.45) is 5.41 Å². The first-order chi connectivity index (χ1) is 9.89. The third kappa shape index (κ3) is 3.02. The molecular weight excluding hydrogens is 292 g/mol.